The van der Waals surface area contributed by atoms with Crippen molar-refractivity contribution in [1.29, 1.82) is 0 Å². The third-order valence-electron chi connectivity index (χ3n) is 4.76. The third-order valence-corrected chi connectivity index (χ3v) is 5.78. The molecule has 1 aromatic carbocycles. The normalized spacial score (nSPS) is 13.4. The molecule has 0 unspecified atom stereocenters. The van der Waals surface area contributed by atoms with Crippen molar-refractivity contribution in [2.24, 2.45) is 0 Å². The van der Waals surface area contributed by atoms with E-state index in [2.05, 4.69) is 16.4 Å². The Hall–Kier alpha value is -2.73. The van der Waals surface area contributed by atoms with E-state index in [1.54, 1.807) is 16.2 Å². The number of amides is 1. The van der Waals surface area contributed by atoms with Crippen molar-refractivity contribution in [3.63, 3.8) is 0 Å². The number of aryl methyl sites for hydroxylation is 1. The molecule has 27 heavy (non-hydrogen) atoms. The number of rotatable bonds is 5. The zero-order valence-electron chi connectivity index (χ0n) is 14.9. The van der Waals surface area contributed by atoms with Gasteiger partial charge in [-0.15, -0.1) is 11.3 Å². The van der Waals surface area contributed by atoms with Crippen LogP contribution in [-0.4, -0.2) is 34.9 Å². The van der Waals surface area contributed by atoms with E-state index in [0.29, 0.717) is 19.5 Å². The van der Waals surface area contributed by atoms with Gasteiger partial charge in [0.1, 0.15) is 0 Å². The maximum absolute atomic E-state index is 12.3. The Kier molecular flexibility index (Phi) is 5.16. The molecule has 2 aromatic heterocycles. The zero-order valence-corrected chi connectivity index (χ0v) is 15.7. The minimum absolute atomic E-state index is 0.135. The number of carbonyl (C=O) groups is 2. The lowest BCUT2D eigenvalue weighted by Gasteiger charge is -2.26. The van der Waals surface area contributed by atoms with E-state index in [-0.39, 0.29) is 24.9 Å². The molecule has 0 spiro atoms. The molecule has 0 bridgehead atoms. The lowest BCUT2D eigenvalue weighted by Crippen LogP contribution is -2.38. The predicted molar refractivity (Wildman–Crippen MR) is 104 cm³/mol. The van der Waals surface area contributed by atoms with Crippen LogP contribution in [0.2, 0.25) is 0 Å². The van der Waals surface area contributed by atoms with Gasteiger partial charge in [-0.05, 0) is 35.6 Å². The molecule has 4 rings (SSSR count). The van der Waals surface area contributed by atoms with Crippen LogP contribution in [0.1, 0.15) is 22.6 Å². The summed E-state index contributed by atoms with van der Waals surface area (Å²) in [7, 11) is 0. The van der Waals surface area contributed by atoms with Crippen LogP contribution in [0.3, 0.4) is 0 Å². The molecule has 0 fully saturated rings. The molecular weight excluding hydrogens is 360 g/mol. The van der Waals surface area contributed by atoms with Crippen LogP contribution in [0.15, 0.2) is 47.8 Å². The minimum Gasteiger partial charge on any atom is -0.456 e. The first-order valence-electron chi connectivity index (χ1n) is 9.02. The van der Waals surface area contributed by atoms with Crippen LogP contribution >= 0.6 is 11.3 Å². The molecule has 0 N–H and O–H groups in total. The van der Waals surface area contributed by atoms with Gasteiger partial charge in [-0.25, -0.2) is 0 Å². The molecule has 1 amide bonds. The van der Waals surface area contributed by atoms with E-state index < -0.39 is 0 Å². The highest BCUT2D eigenvalue weighted by molar-refractivity contribution is 7.10. The standard InChI is InChI=1S/C21H20N2O3S/c24-20(23-11-9-19-16(13-23)10-12-27-19)14-26-21(25)8-7-17-6-5-15-3-1-2-4-18(15)22-17/h1-6,10,12H,7-9,11,13-14H2. The van der Waals surface area contributed by atoms with Crippen LogP contribution < -0.4 is 0 Å². The summed E-state index contributed by atoms with van der Waals surface area (Å²) in [4.78, 5) is 32.0. The lowest BCUT2D eigenvalue weighted by atomic mass is 10.1. The summed E-state index contributed by atoms with van der Waals surface area (Å²) in [5.41, 5.74) is 2.96. The Morgan fingerprint density at radius 2 is 2.04 bits per heavy atom. The summed E-state index contributed by atoms with van der Waals surface area (Å²) < 4.78 is 5.18. The molecule has 1 aliphatic rings. The number of nitrogens with zero attached hydrogens (tertiary/aromatic N) is 2. The van der Waals surface area contributed by atoms with Crippen molar-refractivity contribution in [3.8, 4) is 0 Å². The molecule has 138 valence electrons. The van der Waals surface area contributed by atoms with Gasteiger partial charge in [0.05, 0.1) is 11.9 Å². The van der Waals surface area contributed by atoms with Gasteiger partial charge in [-0.1, -0.05) is 24.3 Å². The highest BCUT2D eigenvalue weighted by Crippen LogP contribution is 2.24. The number of thiophene rings is 1. The Bertz CT molecular complexity index is 982. The zero-order chi connectivity index (χ0) is 18.6. The Balaban J connectivity index is 1.25. The number of esters is 1. The number of aromatic nitrogens is 1. The molecule has 3 heterocycles. The summed E-state index contributed by atoms with van der Waals surface area (Å²) in [5, 5.41) is 3.13. The van der Waals surface area contributed by atoms with Crippen molar-refractivity contribution in [3.05, 3.63) is 64.0 Å². The quantitative estimate of drug-likeness (QED) is 0.637. The second-order valence-electron chi connectivity index (χ2n) is 6.59. The molecular formula is C21H20N2O3S. The summed E-state index contributed by atoms with van der Waals surface area (Å²) >= 11 is 1.73. The van der Waals surface area contributed by atoms with Gasteiger partial charge < -0.3 is 9.64 Å². The average Bonchev–Trinajstić information content (AvgIpc) is 3.18. The minimum atomic E-state index is -0.369. The summed E-state index contributed by atoms with van der Waals surface area (Å²) in [5.74, 6) is -0.504. The fraction of sp³-hybridized carbons (Fsp3) is 0.286. The summed E-state index contributed by atoms with van der Waals surface area (Å²) in [6, 6.07) is 13.9. The smallest absolute Gasteiger partial charge is 0.306 e. The maximum Gasteiger partial charge on any atom is 0.306 e. The van der Waals surface area contributed by atoms with Gasteiger partial charge >= 0.3 is 5.97 Å². The van der Waals surface area contributed by atoms with E-state index in [1.807, 2.05) is 36.4 Å². The molecule has 0 atom stereocenters. The van der Waals surface area contributed by atoms with E-state index in [1.165, 1.54) is 10.4 Å². The van der Waals surface area contributed by atoms with Gasteiger partial charge in [-0.2, -0.15) is 0 Å². The lowest BCUT2D eigenvalue weighted by molar-refractivity contribution is -0.152. The number of hydrogen-bond acceptors (Lipinski definition) is 5. The van der Waals surface area contributed by atoms with Gasteiger partial charge in [0, 0.05) is 35.5 Å². The third kappa shape index (κ3) is 4.17. The number of fused-ring (bicyclic) bond motifs is 2. The van der Waals surface area contributed by atoms with Crippen molar-refractivity contribution < 1.29 is 14.3 Å². The Morgan fingerprint density at radius 1 is 1.15 bits per heavy atom. The average molecular weight is 380 g/mol. The van der Waals surface area contributed by atoms with Crippen molar-refractivity contribution in [1.82, 2.24) is 9.88 Å². The topological polar surface area (TPSA) is 59.5 Å². The number of carbonyl (C=O) groups excluding carboxylic acids is 2. The second-order valence-corrected chi connectivity index (χ2v) is 7.59. The highest BCUT2D eigenvalue weighted by Gasteiger charge is 2.22. The Labute approximate surface area is 161 Å². The van der Waals surface area contributed by atoms with Crippen LogP contribution in [0, 0.1) is 0 Å². The first-order valence-corrected chi connectivity index (χ1v) is 9.90. The number of benzene rings is 1. The van der Waals surface area contributed by atoms with Gasteiger partial charge in [0.15, 0.2) is 6.61 Å². The van der Waals surface area contributed by atoms with Gasteiger partial charge in [0.2, 0.25) is 0 Å². The molecule has 0 radical (unpaired) electrons. The first kappa shape index (κ1) is 17.7. The van der Waals surface area contributed by atoms with E-state index >= 15 is 0 Å². The molecule has 0 saturated heterocycles. The number of para-hydroxylation sites is 1. The Morgan fingerprint density at radius 3 is 2.96 bits per heavy atom. The van der Waals surface area contributed by atoms with E-state index in [0.717, 1.165) is 23.0 Å². The second kappa shape index (κ2) is 7.88. The SMILES string of the molecule is O=C(CCc1ccc2ccccc2n1)OCC(=O)N1CCc2sccc2C1. The first-order chi connectivity index (χ1) is 13.2. The van der Waals surface area contributed by atoms with E-state index in [9.17, 15) is 9.59 Å². The molecule has 1 aliphatic heterocycles. The fourth-order valence-corrected chi connectivity index (χ4v) is 4.13. The van der Waals surface area contributed by atoms with Crippen molar-refractivity contribution in [2.45, 2.75) is 25.8 Å². The van der Waals surface area contributed by atoms with Crippen LogP contribution in [-0.2, 0) is 33.7 Å². The van der Waals surface area contributed by atoms with E-state index in [4.69, 9.17) is 4.74 Å². The summed E-state index contributed by atoms with van der Waals surface area (Å²) in [6.07, 6.45) is 1.59. The van der Waals surface area contributed by atoms with Crippen molar-refractivity contribution in [2.75, 3.05) is 13.2 Å². The predicted octanol–water partition coefficient (Wildman–Crippen LogP) is 3.36. The molecule has 0 aliphatic carbocycles. The van der Waals surface area contributed by atoms with Gasteiger partial charge in [-0.3, -0.25) is 14.6 Å². The maximum atomic E-state index is 12.3. The number of hydrogen-bond donors (Lipinski definition) is 0. The van der Waals surface area contributed by atoms with Crippen LogP contribution in [0.5, 0.6) is 0 Å². The van der Waals surface area contributed by atoms with Crippen molar-refractivity contribution >= 4 is 34.1 Å². The molecule has 5 nitrogen and oxygen atoms in total. The number of pyridine rings is 1. The monoisotopic (exact) mass is 380 g/mol. The fourth-order valence-electron chi connectivity index (χ4n) is 3.24. The van der Waals surface area contributed by atoms with Gasteiger partial charge in [0.25, 0.3) is 5.91 Å². The van der Waals surface area contributed by atoms with Crippen LogP contribution in [0.4, 0.5) is 0 Å². The largest absolute Gasteiger partial charge is 0.456 e. The molecule has 0 saturated carbocycles. The molecule has 3 aromatic rings. The summed E-state index contributed by atoms with van der Waals surface area (Å²) in [6.45, 7) is 1.10. The number of ether oxygens (including phenoxy) is 1. The van der Waals surface area contributed by atoms with Crippen LogP contribution in [0.25, 0.3) is 10.9 Å². The highest BCUT2D eigenvalue weighted by atomic mass is 32.1. The molecule has 6 heteroatoms.